The topological polar surface area (TPSA) is 47.9 Å². The van der Waals surface area contributed by atoms with E-state index in [1.165, 1.54) is 12.7 Å². The van der Waals surface area contributed by atoms with Crippen LogP contribution in [0.1, 0.15) is 55.6 Å². The van der Waals surface area contributed by atoms with Crippen molar-refractivity contribution >= 4 is 17.9 Å². The van der Waals surface area contributed by atoms with Crippen LogP contribution in [0.25, 0.3) is 0 Å². The molecule has 0 atom stereocenters. The summed E-state index contributed by atoms with van der Waals surface area (Å²) in [7, 11) is 1.37. The zero-order chi connectivity index (χ0) is 18.9. The van der Waals surface area contributed by atoms with Gasteiger partial charge in [0.25, 0.3) is 0 Å². The Kier molecular flexibility index (Phi) is 4.61. The molecule has 0 spiro atoms. The summed E-state index contributed by atoms with van der Waals surface area (Å²) in [6.45, 7) is 8.77. The van der Waals surface area contributed by atoms with Crippen molar-refractivity contribution in [2.45, 2.75) is 45.1 Å². The predicted octanol–water partition coefficient (Wildman–Crippen LogP) is 5.06. The summed E-state index contributed by atoms with van der Waals surface area (Å²) in [4.78, 5) is 16.0. The van der Waals surface area contributed by atoms with Gasteiger partial charge in [0.2, 0.25) is 0 Å². The molecule has 0 amide bonds. The van der Waals surface area contributed by atoms with E-state index in [1.807, 2.05) is 18.3 Å². The van der Waals surface area contributed by atoms with Gasteiger partial charge in [-0.15, -0.1) is 0 Å². The Bertz CT molecular complexity index is 848. The van der Waals surface area contributed by atoms with Gasteiger partial charge in [-0.05, 0) is 73.7 Å². The fraction of sp³-hybridized carbons (Fsp3) is 0.364. The number of esters is 1. The average molecular weight is 351 g/mol. The maximum Gasteiger partial charge on any atom is 0.337 e. The molecule has 1 aliphatic rings. The molecule has 0 aromatic heterocycles. The lowest BCUT2D eigenvalue weighted by molar-refractivity contribution is 0.0533. The highest BCUT2D eigenvalue weighted by atomic mass is 16.5. The van der Waals surface area contributed by atoms with Crippen molar-refractivity contribution < 1.29 is 14.3 Å². The van der Waals surface area contributed by atoms with Crippen LogP contribution in [-0.4, -0.2) is 24.9 Å². The van der Waals surface area contributed by atoms with Gasteiger partial charge >= 0.3 is 5.97 Å². The highest BCUT2D eigenvalue weighted by Crippen LogP contribution is 2.44. The van der Waals surface area contributed by atoms with Crippen molar-refractivity contribution in [3.05, 3.63) is 59.2 Å². The van der Waals surface area contributed by atoms with Crippen molar-refractivity contribution in [2.24, 2.45) is 4.99 Å². The quantitative estimate of drug-likeness (QED) is 0.573. The van der Waals surface area contributed by atoms with Crippen LogP contribution in [0.15, 0.2) is 47.5 Å². The Labute approximate surface area is 154 Å². The lowest BCUT2D eigenvalue weighted by atomic mass is 9.73. The first-order chi connectivity index (χ1) is 12.2. The number of benzene rings is 2. The molecule has 0 aliphatic carbocycles. The first-order valence-electron chi connectivity index (χ1n) is 8.76. The van der Waals surface area contributed by atoms with Crippen molar-refractivity contribution in [3.63, 3.8) is 0 Å². The SMILES string of the molecule is COC(=O)c1ccc(N=Cc2ccc3c(c2)C(C)(C)CC(C)(C)O3)cc1. The summed E-state index contributed by atoms with van der Waals surface area (Å²) in [5, 5.41) is 0. The number of carbonyl (C=O) groups is 1. The minimum absolute atomic E-state index is 0.0447. The Balaban J connectivity index is 1.83. The van der Waals surface area contributed by atoms with Crippen molar-refractivity contribution in [1.82, 2.24) is 0 Å². The standard InChI is InChI=1S/C22H25NO3/c1-21(2)14-22(3,4)26-19-11-6-15(12-18(19)21)13-23-17-9-7-16(8-10-17)20(24)25-5/h6-13H,14H2,1-5H3. The van der Waals surface area contributed by atoms with Gasteiger partial charge in [0.15, 0.2) is 0 Å². The first kappa shape index (κ1) is 18.2. The molecule has 26 heavy (non-hydrogen) atoms. The number of hydrogen-bond donors (Lipinski definition) is 0. The highest BCUT2D eigenvalue weighted by Gasteiger charge is 2.38. The van der Waals surface area contributed by atoms with E-state index >= 15 is 0 Å². The molecule has 0 fully saturated rings. The van der Waals surface area contributed by atoms with E-state index in [0.717, 1.165) is 23.4 Å². The van der Waals surface area contributed by atoms with E-state index in [2.05, 4.69) is 38.8 Å². The number of hydrogen-bond acceptors (Lipinski definition) is 4. The van der Waals surface area contributed by atoms with Gasteiger partial charge in [0, 0.05) is 11.8 Å². The molecule has 3 rings (SSSR count). The van der Waals surface area contributed by atoms with E-state index in [0.29, 0.717) is 5.56 Å². The predicted molar refractivity (Wildman–Crippen MR) is 104 cm³/mol. The Morgan fingerprint density at radius 2 is 1.81 bits per heavy atom. The number of fused-ring (bicyclic) bond motifs is 1. The van der Waals surface area contributed by atoms with Gasteiger partial charge in [0.05, 0.1) is 18.4 Å². The smallest absolute Gasteiger partial charge is 0.337 e. The minimum atomic E-state index is -0.347. The van der Waals surface area contributed by atoms with Crippen molar-refractivity contribution in [2.75, 3.05) is 7.11 Å². The van der Waals surface area contributed by atoms with Crippen LogP contribution in [-0.2, 0) is 10.2 Å². The van der Waals surface area contributed by atoms with Gasteiger partial charge in [-0.1, -0.05) is 13.8 Å². The Hall–Kier alpha value is -2.62. The molecule has 1 heterocycles. The minimum Gasteiger partial charge on any atom is -0.488 e. The molecular weight excluding hydrogens is 326 g/mol. The molecule has 0 saturated heterocycles. The molecule has 0 radical (unpaired) electrons. The van der Waals surface area contributed by atoms with E-state index in [-0.39, 0.29) is 17.0 Å². The number of rotatable bonds is 3. The van der Waals surface area contributed by atoms with Gasteiger partial charge in [-0.2, -0.15) is 0 Å². The molecule has 0 unspecified atom stereocenters. The molecular formula is C22H25NO3. The Morgan fingerprint density at radius 1 is 1.12 bits per heavy atom. The van der Waals surface area contributed by atoms with Crippen LogP contribution in [0.5, 0.6) is 5.75 Å². The van der Waals surface area contributed by atoms with Gasteiger partial charge in [-0.25, -0.2) is 4.79 Å². The monoisotopic (exact) mass is 351 g/mol. The molecule has 0 saturated carbocycles. The summed E-state index contributed by atoms with van der Waals surface area (Å²) in [6, 6.07) is 13.2. The molecule has 2 aromatic carbocycles. The maximum absolute atomic E-state index is 11.5. The van der Waals surface area contributed by atoms with E-state index < -0.39 is 0 Å². The third kappa shape index (κ3) is 3.79. The summed E-state index contributed by atoms with van der Waals surface area (Å²) in [6.07, 6.45) is 2.80. The molecule has 0 N–H and O–H groups in total. The van der Waals surface area contributed by atoms with E-state index in [9.17, 15) is 4.79 Å². The van der Waals surface area contributed by atoms with Crippen LogP contribution in [0, 0.1) is 0 Å². The average Bonchev–Trinajstić information content (AvgIpc) is 2.58. The van der Waals surface area contributed by atoms with Crippen LogP contribution in [0.3, 0.4) is 0 Å². The molecule has 1 aliphatic heterocycles. The summed E-state index contributed by atoms with van der Waals surface area (Å²) >= 11 is 0. The van der Waals surface area contributed by atoms with Gasteiger partial charge in [-0.3, -0.25) is 4.99 Å². The van der Waals surface area contributed by atoms with E-state index in [4.69, 9.17) is 9.47 Å². The fourth-order valence-corrected chi connectivity index (χ4v) is 3.69. The number of carbonyl (C=O) groups excluding carboxylic acids is 1. The summed E-state index contributed by atoms with van der Waals surface area (Å²) < 4.78 is 10.8. The Morgan fingerprint density at radius 3 is 2.46 bits per heavy atom. The van der Waals surface area contributed by atoms with Crippen LogP contribution < -0.4 is 4.74 Å². The summed E-state index contributed by atoms with van der Waals surface area (Å²) in [5.74, 6) is 0.603. The van der Waals surface area contributed by atoms with Gasteiger partial charge in [0.1, 0.15) is 11.4 Å². The normalized spacial score (nSPS) is 17.4. The molecule has 136 valence electrons. The number of ether oxygens (including phenoxy) is 2. The second-order valence-corrected chi connectivity index (χ2v) is 7.97. The molecule has 4 heteroatoms. The lowest BCUT2D eigenvalue weighted by Crippen LogP contribution is -2.41. The summed E-state index contributed by atoms with van der Waals surface area (Å²) in [5.41, 5.74) is 3.42. The zero-order valence-electron chi connectivity index (χ0n) is 16.0. The van der Waals surface area contributed by atoms with Gasteiger partial charge < -0.3 is 9.47 Å². The highest BCUT2D eigenvalue weighted by molar-refractivity contribution is 5.90. The largest absolute Gasteiger partial charge is 0.488 e. The van der Waals surface area contributed by atoms with Crippen molar-refractivity contribution in [1.29, 1.82) is 0 Å². The van der Waals surface area contributed by atoms with Crippen LogP contribution in [0.4, 0.5) is 5.69 Å². The van der Waals surface area contributed by atoms with Crippen LogP contribution in [0.2, 0.25) is 0 Å². The fourth-order valence-electron chi connectivity index (χ4n) is 3.69. The van der Waals surface area contributed by atoms with E-state index in [1.54, 1.807) is 24.3 Å². The molecule has 4 nitrogen and oxygen atoms in total. The third-order valence-corrected chi connectivity index (χ3v) is 4.64. The van der Waals surface area contributed by atoms with Crippen LogP contribution >= 0.6 is 0 Å². The molecule has 2 aromatic rings. The number of aliphatic imine (C=N–C) groups is 1. The number of nitrogens with zero attached hydrogens (tertiary/aromatic N) is 1. The maximum atomic E-state index is 11.5. The molecule has 0 bridgehead atoms. The first-order valence-corrected chi connectivity index (χ1v) is 8.76. The third-order valence-electron chi connectivity index (χ3n) is 4.64. The number of methoxy groups -OCH3 is 1. The second kappa shape index (κ2) is 6.60. The zero-order valence-corrected chi connectivity index (χ0v) is 16.0. The van der Waals surface area contributed by atoms with Crippen molar-refractivity contribution in [3.8, 4) is 5.75 Å². The second-order valence-electron chi connectivity index (χ2n) is 7.97. The lowest BCUT2D eigenvalue weighted by Gasteiger charge is -2.42.